The van der Waals surface area contributed by atoms with Gasteiger partial charge in [-0.05, 0) is 43.4 Å². The molecule has 0 bridgehead atoms. The Labute approximate surface area is 172 Å². The summed E-state index contributed by atoms with van der Waals surface area (Å²) in [5, 5.41) is 3.48. The number of thiophene rings is 1. The highest BCUT2D eigenvalue weighted by Gasteiger charge is 2.20. The number of benzene rings is 1. The minimum absolute atomic E-state index is 0.110. The summed E-state index contributed by atoms with van der Waals surface area (Å²) in [5.74, 6) is 0.795. The van der Waals surface area contributed by atoms with Crippen molar-refractivity contribution < 1.29 is 14.3 Å². The van der Waals surface area contributed by atoms with Gasteiger partial charge in [0.2, 0.25) is 5.91 Å². The van der Waals surface area contributed by atoms with Gasteiger partial charge in [-0.15, -0.1) is 11.3 Å². The van der Waals surface area contributed by atoms with Crippen LogP contribution in [0.2, 0.25) is 0 Å². The van der Waals surface area contributed by atoms with Crippen LogP contribution >= 0.6 is 11.3 Å². The number of hydrogen-bond donors (Lipinski definition) is 1. The van der Waals surface area contributed by atoms with Crippen LogP contribution in [0, 0.1) is 0 Å². The zero-order valence-corrected chi connectivity index (χ0v) is 17.3. The van der Waals surface area contributed by atoms with Crippen molar-refractivity contribution in [2.45, 2.75) is 38.6 Å². The van der Waals surface area contributed by atoms with E-state index in [1.807, 2.05) is 0 Å². The van der Waals surface area contributed by atoms with Gasteiger partial charge in [-0.3, -0.25) is 14.2 Å². The van der Waals surface area contributed by atoms with E-state index >= 15 is 0 Å². The summed E-state index contributed by atoms with van der Waals surface area (Å²) in [6, 6.07) is 5.13. The van der Waals surface area contributed by atoms with Crippen LogP contribution in [0.4, 0.5) is 5.69 Å². The highest BCUT2D eigenvalue weighted by Crippen LogP contribution is 2.33. The van der Waals surface area contributed by atoms with Gasteiger partial charge in [0.05, 0.1) is 31.6 Å². The van der Waals surface area contributed by atoms with E-state index < -0.39 is 0 Å². The van der Waals surface area contributed by atoms with Crippen molar-refractivity contribution in [2.24, 2.45) is 0 Å². The first-order valence-electron chi connectivity index (χ1n) is 9.62. The molecule has 8 heteroatoms. The van der Waals surface area contributed by atoms with Crippen molar-refractivity contribution in [1.82, 2.24) is 9.55 Å². The standard InChI is InChI=1S/C21H23N3O4S/c1-27-13-8-9-15(16(10-13)28-2)23-18(25)11-24-12-22-20-19(21(24)26)14-6-4-3-5-7-17(14)29-20/h8-10,12H,3-7,11H2,1-2H3,(H,23,25). The molecule has 1 aliphatic rings. The molecule has 0 unspecified atom stereocenters. The molecule has 0 fully saturated rings. The quantitative estimate of drug-likeness (QED) is 0.649. The van der Waals surface area contributed by atoms with E-state index in [2.05, 4.69) is 10.3 Å². The van der Waals surface area contributed by atoms with Gasteiger partial charge >= 0.3 is 0 Å². The first-order chi connectivity index (χ1) is 14.1. The predicted molar refractivity (Wildman–Crippen MR) is 113 cm³/mol. The Kier molecular flexibility index (Phi) is 5.53. The van der Waals surface area contributed by atoms with Crippen LogP contribution in [0.1, 0.15) is 29.7 Å². The molecule has 29 heavy (non-hydrogen) atoms. The predicted octanol–water partition coefficient (Wildman–Crippen LogP) is 3.38. The second-order valence-corrected chi connectivity index (χ2v) is 8.12. The van der Waals surface area contributed by atoms with Gasteiger partial charge in [0.1, 0.15) is 22.9 Å². The lowest BCUT2D eigenvalue weighted by Crippen LogP contribution is -2.28. The Bertz CT molecular complexity index is 1120. The molecule has 1 aliphatic carbocycles. The number of ether oxygens (including phenoxy) is 2. The summed E-state index contributed by atoms with van der Waals surface area (Å²) in [4.78, 5) is 32.2. The van der Waals surface area contributed by atoms with Gasteiger partial charge < -0.3 is 14.8 Å². The topological polar surface area (TPSA) is 82.5 Å². The number of nitrogens with one attached hydrogen (secondary N) is 1. The summed E-state index contributed by atoms with van der Waals surface area (Å²) < 4.78 is 11.9. The highest BCUT2D eigenvalue weighted by atomic mass is 32.1. The van der Waals surface area contributed by atoms with Crippen molar-refractivity contribution in [1.29, 1.82) is 0 Å². The van der Waals surface area contributed by atoms with Crippen LogP contribution in [-0.2, 0) is 24.2 Å². The Morgan fingerprint density at radius 3 is 2.83 bits per heavy atom. The second-order valence-electron chi connectivity index (χ2n) is 7.04. The summed E-state index contributed by atoms with van der Waals surface area (Å²) in [5.41, 5.74) is 1.50. The molecule has 0 saturated carbocycles. The second kappa shape index (κ2) is 8.24. The molecule has 152 valence electrons. The summed E-state index contributed by atoms with van der Waals surface area (Å²) in [6.45, 7) is -0.110. The lowest BCUT2D eigenvalue weighted by atomic mass is 10.1. The highest BCUT2D eigenvalue weighted by molar-refractivity contribution is 7.18. The maximum absolute atomic E-state index is 13.1. The molecular formula is C21H23N3O4S. The third-order valence-electron chi connectivity index (χ3n) is 5.19. The summed E-state index contributed by atoms with van der Waals surface area (Å²) in [6.07, 6.45) is 6.80. The number of aromatic nitrogens is 2. The van der Waals surface area contributed by atoms with E-state index in [1.165, 1.54) is 29.3 Å². The van der Waals surface area contributed by atoms with Crippen molar-refractivity contribution in [3.63, 3.8) is 0 Å². The smallest absolute Gasteiger partial charge is 0.262 e. The van der Waals surface area contributed by atoms with Crippen LogP contribution in [-0.4, -0.2) is 29.7 Å². The van der Waals surface area contributed by atoms with Crippen LogP contribution in [0.3, 0.4) is 0 Å². The molecule has 3 aromatic rings. The number of carbonyl (C=O) groups excluding carboxylic acids is 1. The molecule has 2 heterocycles. The summed E-state index contributed by atoms with van der Waals surface area (Å²) >= 11 is 1.61. The fraction of sp³-hybridized carbons (Fsp3) is 0.381. The van der Waals surface area contributed by atoms with Crippen molar-refractivity contribution in [2.75, 3.05) is 19.5 Å². The molecule has 1 N–H and O–H groups in total. The number of methoxy groups -OCH3 is 2. The maximum Gasteiger partial charge on any atom is 0.262 e. The molecule has 0 radical (unpaired) electrons. The van der Waals surface area contributed by atoms with Gasteiger partial charge in [0.25, 0.3) is 5.56 Å². The van der Waals surface area contributed by atoms with E-state index in [-0.39, 0.29) is 18.0 Å². The monoisotopic (exact) mass is 413 g/mol. The lowest BCUT2D eigenvalue weighted by molar-refractivity contribution is -0.116. The third kappa shape index (κ3) is 3.85. The number of anilines is 1. The number of nitrogens with zero attached hydrogens (tertiary/aromatic N) is 2. The number of fused-ring (bicyclic) bond motifs is 3. The van der Waals surface area contributed by atoms with Crippen LogP contribution in [0.25, 0.3) is 10.2 Å². The van der Waals surface area contributed by atoms with E-state index in [0.717, 1.165) is 36.1 Å². The SMILES string of the molecule is COc1ccc(NC(=O)Cn2cnc3sc4c(c3c2=O)CCCCC4)c(OC)c1. The normalized spacial score (nSPS) is 13.6. The van der Waals surface area contributed by atoms with Crippen LogP contribution in [0.5, 0.6) is 11.5 Å². The fourth-order valence-corrected chi connectivity index (χ4v) is 4.94. The molecule has 1 aromatic carbocycles. The zero-order valence-electron chi connectivity index (χ0n) is 16.5. The Balaban J connectivity index is 1.59. The Hall–Kier alpha value is -2.87. The average Bonchev–Trinajstić information content (AvgIpc) is 2.92. The van der Waals surface area contributed by atoms with E-state index in [0.29, 0.717) is 22.6 Å². The molecule has 0 saturated heterocycles. The van der Waals surface area contributed by atoms with Crippen molar-refractivity contribution >= 4 is 33.1 Å². The van der Waals surface area contributed by atoms with E-state index in [9.17, 15) is 9.59 Å². The van der Waals surface area contributed by atoms with Crippen LogP contribution < -0.4 is 20.3 Å². The van der Waals surface area contributed by atoms with Gasteiger partial charge in [0, 0.05) is 10.9 Å². The Morgan fingerprint density at radius 2 is 2.03 bits per heavy atom. The van der Waals surface area contributed by atoms with Gasteiger partial charge in [-0.25, -0.2) is 4.98 Å². The molecule has 0 spiro atoms. The molecule has 2 aromatic heterocycles. The molecule has 4 rings (SSSR count). The zero-order chi connectivity index (χ0) is 20.4. The summed E-state index contributed by atoms with van der Waals surface area (Å²) in [7, 11) is 3.09. The minimum Gasteiger partial charge on any atom is -0.497 e. The van der Waals surface area contributed by atoms with Crippen molar-refractivity contribution in [3.05, 3.63) is 45.3 Å². The molecule has 1 amide bonds. The third-order valence-corrected chi connectivity index (χ3v) is 6.39. The largest absolute Gasteiger partial charge is 0.497 e. The first-order valence-corrected chi connectivity index (χ1v) is 10.4. The first kappa shape index (κ1) is 19.4. The van der Waals surface area contributed by atoms with E-state index in [4.69, 9.17) is 9.47 Å². The maximum atomic E-state index is 13.1. The number of aryl methyl sites for hydroxylation is 2. The molecule has 0 atom stereocenters. The Morgan fingerprint density at radius 1 is 1.21 bits per heavy atom. The molecule has 7 nitrogen and oxygen atoms in total. The molecular weight excluding hydrogens is 390 g/mol. The van der Waals surface area contributed by atoms with Gasteiger partial charge in [-0.1, -0.05) is 6.42 Å². The number of rotatable bonds is 5. The number of hydrogen-bond acceptors (Lipinski definition) is 6. The number of amides is 1. The van der Waals surface area contributed by atoms with Gasteiger partial charge in [-0.2, -0.15) is 0 Å². The van der Waals surface area contributed by atoms with Crippen LogP contribution in [0.15, 0.2) is 29.3 Å². The molecule has 0 aliphatic heterocycles. The van der Waals surface area contributed by atoms with Gasteiger partial charge in [0.15, 0.2) is 0 Å². The van der Waals surface area contributed by atoms with E-state index in [1.54, 1.807) is 36.6 Å². The lowest BCUT2D eigenvalue weighted by Gasteiger charge is -2.12. The average molecular weight is 413 g/mol. The number of carbonyl (C=O) groups is 1. The fourth-order valence-electron chi connectivity index (χ4n) is 3.72. The van der Waals surface area contributed by atoms with Crippen molar-refractivity contribution in [3.8, 4) is 11.5 Å². The minimum atomic E-state index is -0.321.